The van der Waals surface area contributed by atoms with Crippen LogP contribution in [0.3, 0.4) is 0 Å². The maximum absolute atomic E-state index is 11.9. The lowest BCUT2D eigenvalue weighted by Gasteiger charge is -2.47. The maximum atomic E-state index is 11.9. The molecule has 0 aromatic rings. The summed E-state index contributed by atoms with van der Waals surface area (Å²) in [5.74, 6) is 0.0228. The predicted molar refractivity (Wildman–Crippen MR) is 65.7 cm³/mol. The number of hydrogen-bond donors (Lipinski definition) is 3. The van der Waals surface area contributed by atoms with Gasteiger partial charge in [0, 0.05) is 18.6 Å². The zero-order chi connectivity index (χ0) is 12.5. The Morgan fingerprint density at radius 2 is 2.24 bits per heavy atom. The largest absolute Gasteiger partial charge is 0.392 e. The number of carbonyl (C=O) groups is 1. The van der Waals surface area contributed by atoms with E-state index < -0.39 is 0 Å². The van der Waals surface area contributed by atoms with E-state index >= 15 is 0 Å². The van der Waals surface area contributed by atoms with Gasteiger partial charge in [-0.25, -0.2) is 0 Å². The minimum Gasteiger partial charge on any atom is -0.392 e. The second-order valence-corrected chi connectivity index (χ2v) is 5.54. The highest BCUT2D eigenvalue weighted by molar-refractivity contribution is 5.82. The van der Waals surface area contributed by atoms with E-state index in [-0.39, 0.29) is 23.6 Å². The fraction of sp³-hybridized carbons (Fsp3) is 0.917. The van der Waals surface area contributed by atoms with Gasteiger partial charge in [-0.1, -0.05) is 0 Å². The van der Waals surface area contributed by atoms with Crippen LogP contribution >= 0.6 is 0 Å². The van der Waals surface area contributed by atoms with Gasteiger partial charge in [0.25, 0.3) is 0 Å². The highest BCUT2D eigenvalue weighted by Crippen LogP contribution is 2.35. The fourth-order valence-electron chi connectivity index (χ4n) is 2.66. The lowest BCUT2D eigenvalue weighted by molar-refractivity contribution is -0.124. The Labute approximate surface area is 103 Å². The van der Waals surface area contributed by atoms with Gasteiger partial charge in [0.15, 0.2) is 0 Å². The molecule has 2 unspecified atom stereocenters. The van der Waals surface area contributed by atoms with Crippen molar-refractivity contribution in [2.24, 2.45) is 0 Å². The summed E-state index contributed by atoms with van der Waals surface area (Å²) in [5, 5.41) is 15.4. The van der Waals surface area contributed by atoms with E-state index in [1.54, 1.807) is 0 Å². The molecule has 2 atom stereocenters. The predicted octanol–water partition coefficient (Wildman–Crippen LogP) is -0.690. The summed E-state index contributed by atoms with van der Waals surface area (Å²) in [6.07, 6.45) is 3.70. The van der Waals surface area contributed by atoms with Crippen LogP contribution in [-0.2, 0) is 4.79 Å². The molecule has 5 nitrogen and oxygen atoms in total. The van der Waals surface area contributed by atoms with E-state index in [9.17, 15) is 9.90 Å². The zero-order valence-corrected chi connectivity index (χ0v) is 10.7. The first-order chi connectivity index (χ1) is 8.03. The quantitative estimate of drug-likeness (QED) is 0.609. The zero-order valence-electron chi connectivity index (χ0n) is 10.7. The number of nitrogens with one attached hydrogen (secondary N) is 2. The van der Waals surface area contributed by atoms with Crippen molar-refractivity contribution in [1.82, 2.24) is 15.5 Å². The molecule has 0 bridgehead atoms. The summed E-state index contributed by atoms with van der Waals surface area (Å²) in [5.41, 5.74) is 0.160. The number of likely N-dealkylation sites (N-methyl/N-ethyl adjacent to an activating group) is 1. The standard InChI is InChI=1S/C12H23N3O2/c1-15(2)12(4-3-5-12)8-14-11(17)10-6-9(16)7-13-10/h9-10,13,16H,3-8H2,1-2H3,(H,14,17). The number of carbonyl (C=O) groups excluding carboxylic acids is 1. The lowest BCUT2D eigenvalue weighted by atomic mass is 9.75. The lowest BCUT2D eigenvalue weighted by Crippen LogP contribution is -2.58. The van der Waals surface area contributed by atoms with Crippen LogP contribution in [0, 0.1) is 0 Å². The second-order valence-electron chi connectivity index (χ2n) is 5.54. The smallest absolute Gasteiger partial charge is 0.237 e. The summed E-state index contributed by atoms with van der Waals surface area (Å²) in [7, 11) is 4.14. The summed E-state index contributed by atoms with van der Waals surface area (Å²) >= 11 is 0. The van der Waals surface area contributed by atoms with Gasteiger partial charge in [-0.2, -0.15) is 0 Å². The molecular formula is C12H23N3O2. The number of hydrogen-bond acceptors (Lipinski definition) is 4. The van der Waals surface area contributed by atoms with Crippen LogP contribution in [-0.4, -0.2) is 60.8 Å². The Bertz CT molecular complexity index is 289. The van der Waals surface area contributed by atoms with Gasteiger partial charge in [-0.05, 0) is 39.8 Å². The summed E-state index contributed by atoms with van der Waals surface area (Å²) in [4.78, 5) is 14.1. The molecule has 2 rings (SSSR count). The van der Waals surface area contributed by atoms with Crippen molar-refractivity contribution in [3.05, 3.63) is 0 Å². The highest BCUT2D eigenvalue weighted by atomic mass is 16.3. The number of nitrogens with zero attached hydrogens (tertiary/aromatic N) is 1. The van der Waals surface area contributed by atoms with E-state index in [2.05, 4.69) is 29.6 Å². The average molecular weight is 241 g/mol. The molecule has 0 aromatic heterocycles. The van der Waals surface area contributed by atoms with Crippen LogP contribution in [0.15, 0.2) is 0 Å². The van der Waals surface area contributed by atoms with Gasteiger partial charge in [0.2, 0.25) is 5.91 Å². The minimum atomic E-state index is -0.378. The van der Waals surface area contributed by atoms with Gasteiger partial charge < -0.3 is 20.6 Å². The third-order valence-electron chi connectivity index (χ3n) is 4.25. The van der Waals surface area contributed by atoms with Crippen LogP contribution in [0.2, 0.25) is 0 Å². The van der Waals surface area contributed by atoms with Crippen molar-refractivity contribution in [3.8, 4) is 0 Å². The maximum Gasteiger partial charge on any atom is 0.237 e. The van der Waals surface area contributed by atoms with Crippen molar-refractivity contribution >= 4 is 5.91 Å². The van der Waals surface area contributed by atoms with Crippen LogP contribution < -0.4 is 10.6 Å². The third kappa shape index (κ3) is 2.61. The monoisotopic (exact) mass is 241 g/mol. The fourth-order valence-corrected chi connectivity index (χ4v) is 2.66. The summed E-state index contributed by atoms with van der Waals surface area (Å²) < 4.78 is 0. The molecule has 1 amide bonds. The average Bonchev–Trinajstić information content (AvgIpc) is 2.62. The van der Waals surface area contributed by atoms with E-state index in [1.807, 2.05) is 0 Å². The molecule has 2 fully saturated rings. The van der Waals surface area contributed by atoms with Gasteiger partial charge >= 0.3 is 0 Å². The summed E-state index contributed by atoms with van der Waals surface area (Å²) in [6.45, 7) is 1.24. The SMILES string of the molecule is CN(C)C1(CNC(=O)C2CC(O)CN2)CCC1. The molecule has 1 heterocycles. The Kier molecular flexibility index (Phi) is 3.70. The molecule has 0 aromatic carbocycles. The number of amides is 1. The number of rotatable bonds is 4. The normalized spacial score (nSPS) is 31.3. The molecule has 0 spiro atoms. The first-order valence-corrected chi connectivity index (χ1v) is 6.40. The molecule has 1 aliphatic carbocycles. The number of aliphatic hydroxyl groups is 1. The Hall–Kier alpha value is -0.650. The number of β-amino-alcohol motifs (C(OH)–C–C–N with tert-alkyl or cyclic N) is 1. The van der Waals surface area contributed by atoms with Crippen LogP contribution in [0.5, 0.6) is 0 Å². The molecule has 2 aliphatic rings. The first kappa shape index (κ1) is 12.8. The van der Waals surface area contributed by atoms with Crippen molar-refractivity contribution in [1.29, 1.82) is 0 Å². The van der Waals surface area contributed by atoms with Crippen LogP contribution in [0.4, 0.5) is 0 Å². The second kappa shape index (κ2) is 4.92. The van der Waals surface area contributed by atoms with Crippen molar-refractivity contribution in [3.63, 3.8) is 0 Å². The minimum absolute atomic E-state index is 0.0228. The van der Waals surface area contributed by atoms with E-state index in [1.165, 1.54) is 6.42 Å². The van der Waals surface area contributed by atoms with E-state index in [0.29, 0.717) is 19.5 Å². The highest BCUT2D eigenvalue weighted by Gasteiger charge is 2.40. The Balaban J connectivity index is 1.79. The molecular weight excluding hydrogens is 218 g/mol. The molecule has 1 aliphatic heterocycles. The number of aliphatic hydroxyl groups excluding tert-OH is 1. The van der Waals surface area contributed by atoms with Crippen molar-refractivity contribution in [2.75, 3.05) is 27.2 Å². The van der Waals surface area contributed by atoms with Gasteiger partial charge in [0.05, 0.1) is 12.1 Å². The topological polar surface area (TPSA) is 64.6 Å². The van der Waals surface area contributed by atoms with Crippen LogP contribution in [0.25, 0.3) is 0 Å². The van der Waals surface area contributed by atoms with Crippen LogP contribution in [0.1, 0.15) is 25.7 Å². The van der Waals surface area contributed by atoms with E-state index in [0.717, 1.165) is 12.8 Å². The molecule has 1 saturated heterocycles. The molecule has 98 valence electrons. The van der Waals surface area contributed by atoms with Gasteiger partial charge in [-0.15, -0.1) is 0 Å². The van der Waals surface area contributed by atoms with Gasteiger partial charge in [-0.3, -0.25) is 4.79 Å². The van der Waals surface area contributed by atoms with Crippen molar-refractivity contribution in [2.45, 2.75) is 43.4 Å². The van der Waals surface area contributed by atoms with Crippen molar-refractivity contribution < 1.29 is 9.90 Å². The third-order valence-corrected chi connectivity index (χ3v) is 4.25. The summed E-state index contributed by atoms with van der Waals surface area (Å²) in [6, 6.07) is -0.218. The first-order valence-electron chi connectivity index (χ1n) is 6.40. The van der Waals surface area contributed by atoms with Gasteiger partial charge in [0.1, 0.15) is 0 Å². The molecule has 17 heavy (non-hydrogen) atoms. The molecule has 0 radical (unpaired) electrons. The van der Waals surface area contributed by atoms with E-state index in [4.69, 9.17) is 0 Å². The molecule has 5 heteroatoms. The molecule has 3 N–H and O–H groups in total. The molecule has 1 saturated carbocycles. The Morgan fingerprint density at radius 1 is 1.53 bits per heavy atom. The Morgan fingerprint density at radius 3 is 2.65 bits per heavy atom.